The van der Waals surface area contributed by atoms with Crippen LogP contribution in [0.15, 0.2) is 102 Å². The molecule has 0 aliphatic carbocycles. The van der Waals surface area contributed by atoms with Gasteiger partial charge in [0.25, 0.3) is 0 Å². The van der Waals surface area contributed by atoms with Crippen LogP contribution in [0.2, 0.25) is 5.02 Å². The molecule has 1 fully saturated rings. The number of urea groups is 1. The van der Waals surface area contributed by atoms with Crippen molar-refractivity contribution in [3.05, 3.63) is 119 Å². The van der Waals surface area contributed by atoms with Crippen LogP contribution in [0.25, 0.3) is 17.1 Å². The minimum Gasteiger partial charge on any atom is -0.406 e. The van der Waals surface area contributed by atoms with Crippen LogP contribution in [0.5, 0.6) is 5.75 Å². The van der Waals surface area contributed by atoms with E-state index in [-0.39, 0.29) is 40.5 Å². The second-order valence-corrected chi connectivity index (χ2v) is 11.7. The first-order valence-corrected chi connectivity index (χ1v) is 15.7. The molecule has 0 saturated carbocycles. The van der Waals surface area contributed by atoms with E-state index in [1.807, 2.05) is 30.3 Å². The molecule has 49 heavy (non-hydrogen) atoms. The van der Waals surface area contributed by atoms with Gasteiger partial charge >= 0.3 is 12.4 Å². The van der Waals surface area contributed by atoms with Crippen molar-refractivity contribution >= 4 is 51.8 Å². The lowest BCUT2D eigenvalue weighted by Crippen LogP contribution is -2.31. The molecule has 4 aromatic carbocycles. The van der Waals surface area contributed by atoms with Gasteiger partial charge in [0.05, 0.1) is 36.0 Å². The van der Waals surface area contributed by atoms with E-state index >= 15 is 4.39 Å². The van der Waals surface area contributed by atoms with Gasteiger partial charge in [0.15, 0.2) is 11.0 Å². The number of rotatable bonds is 9. The predicted molar refractivity (Wildman–Crippen MR) is 176 cm³/mol. The molecule has 0 spiro atoms. The van der Waals surface area contributed by atoms with Crippen molar-refractivity contribution in [1.29, 1.82) is 0 Å². The number of carbonyl (C=O) groups is 2. The Morgan fingerprint density at radius 1 is 1.00 bits per heavy atom. The number of benzene rings is 4. The molecule has 10 nitrogen and oxygen atoms in total. The van der Waals surface area contributed by atoms with Crippen molar-refractivity contribution in [2.24, 2.45) is 4.99 Å². The molecular weight excluding hydrogens is 688 g/mol. The summed E-state index contributed by atoms with van der Waals surface area (Å²) >= 11 is 7.30. The molecule has 1 aliphatic rings. The van der Waals surface area contributed by atoms with Crippen LogP contribution in [-0.4, -0.2) is 44.0 Å². The molecule has 0 bridgehead atoms. The van der Waals surface area contributed by atoms with Crippen LogP contribution < -0.4 is 15.0 Å². The zero-order valence-corrected chi connectivity index (χ0v) is 26.6. The van der Waals surface area contributed by atoms with Crippen molar-refractivity contribution in [3.63, 3.8) is 0 Å². The number of ether oxygens (including phenoxy) is 2. The van der Waals surface area contributed by atoms with Gasteiger partial charge in [-0.05, 0) is 66.2 Å². The van der Waals surface area contributed by atoms with E-state index < -0.39 is 24.0 Å². The molecule has 16 heteroatoms. The maximum atomic E-state index is 15.1. The number of aromatic nitrogens is 3. The number of amidine groups is 1. The molecule has 6 rings (SSSR count). The number of amides is 3. The highest BCUT2D eigenvalue weighted by Crippen LogP contribution is 2.33. The molecule has 5 aromatic rings. The van der Waals surface area contributed by atoms with Gasteiger partial charge in [-0.2, -0.15) is 4.99 Å². The highest BCUT2D eigenvalue weighted by Gasteiger charge is 2.33. The van der Waals surface area contributed by atoms with Gasteiger partial charge in [-0.25, -0.2) is 18.9 Å². The van der Waals surface area contributed by atoms with Gasteiger partial charge in [0.2, 0.25) is 5.91 Å². The van der Waals surface area contributed by atoms with E-state index in [0.717, 1.165) is 35.5 Å². The van der Waals surface area contributed by atoms with Gasteiger partial charge in [-0.3, -0.25) is 9.69 Å². The van der Waals surface area contributed by atoms with Crippen LogP contribution in [0.1, 0.15) is 11.1 Å². The lowest BCUT2D eigenvalue weighted by molar-refractivity contribution is -0.274. The highest BCUT2D eigenvalue weighted by atomic mass is 35.5. The molecule has 3 amide bonds. The van der Waals surface area contributed by atoms with Gasteiger partial charge in [-0.15, -0.1) is 18.3 Å². The largest absolute Gasteiger partial charge is 0.573 e. The number of halogens is 5. The first kappa shape index (κ1) is 33.6. The van der Waals surface area contributed by atoms with Crippen LogP contribution >= 0.6 is 23.4 Å². The number of alkyl halides is 3. The lowest BCUT2D eigenvalue weighted by Gasteiger charge is -2.20. The minimum absolute atomic E-state index is 0.0350. The highest BCUT2D eigenvalue weighted by molar-refractivity contribution is 8.15. The fourth-order valence-corrected chi connectivity index (χ4v) is 5.78. The summed E-state index contributed by atoms with van der Waals surface area (Å²) in [6.45, 7) is 0.464. The molecule has 2 heterocycles. The summed E-state index contributed by atoms with van der Waals surface area (Å²) in [4.78, 5) is 35.4. The zero-order valence-electron chi connectivity index (χ0n) is 25.0. The predicted octanol–water partition coefficient (Wildman–Crippen LogP) is 8.01. The Labute approximate surface area is 285 Å². The SMILES string of the molecule is O=C(N=C1SCC(=O)N1c1ccc(Cl)cc1COCc1ccccc1)Nc1ccc(-c2ncn(-c3ccc(OC(F)(F)F)cc3)n2)cc1F. The van der Waals surface area contributed by atoms with E-state index in [1.54, 1.807) is 18.2 Å². The third-order valence-corrected chi connectivity index (χ3v) is 8.07. The molecule has 1 N–H and O–H groups in total. The topological polar surface area (TPSA) is 111 Å². The molecule has 0 radical (unpaired) electrons. The number of carbonyl (C=O) groups excluding carboxylic acids is 2. The van der Waals surface area contributed by atoms with Crippen molar-refractivity contribution in [1.82, 2.24) is 14.8 Å². The van der Waals surface area contributed by atoms with E-state index in [1.165, 1.54) is 40.2 Å². The number of aliphatic imine (C=N–C) groups is 1. The Balaban J connectivity index is 1.14. The molecule has 1 aromatic heterocycles. The van der Waals surface area contributed by atoms with E-state index in [4.69, 9.17) is 16.3 Å². The zero-order chi connectivity index (χ0) is 34.5. The minimum atomic E-state index is -4.82. The summed E-state index contributed by atoms with van der Waals surface area (Å²) < 4.78 is 63.5. The number of nitrogens with one attached hydrogen (secondary N) is 1. The Morgan fingerprint density at radius 3 is 2.51 bits per heavy atom. The standard InChI is InChI=1S/C33H23ClF4N6O4S/c34-23-7-13-28(22(14-23)17-47-16-20-4-2-1-3-5-20)44-29(45)18-49-32(44)41-31(46)40-27-12-6-21(15-26(27)35)30-39-19-43(42-30)24-8-10-25(11-9-24)48-33(36,37)38/h1-15,19H,16-18H2,(H,40,46). The summed E-state index contributed by atoms with van der Waals surface area (Å²) in [6.07, 6.45) is -3.51. The molecule has 250 valence electrons. The molecular formula is C33H23ClF4N6O4S. The number of thioether (sulfide) groups is 1. The van der Waals surface area contributed by atoms with E-state index in [0.29, 0.717) is 28.6 Å². The number of anilines is 2. The fraction of sp³-hybridized carbons (Fsp3) is 0.121. The summed E-state index contributed by atoms with van der Waals surface area (Å²) in [5.41, 5.74) is 2.51. The quantitative estimate of drug-likeness (QED) is 0.154. The lowest BCUT2D eigenvalue weighted by atomic mass is 10.1. The third-order valence-electron chi connectivity index (χ3n) is 6.91. The normalized spacial score (nSPS) is 14.0. The first-order valence-electron chi connectivity index (χ1n) is 14.4. The first-order chi connectivity index (χ1) is 23.5. The number of hydrogen-bond acceptors (Lipinski definition) is 7. The molecule has 0 atom stereocenters. The second kappa shape index (κ2) is 14.5. The number of hydrogen-bond donors (Lipinski definition) is 1. The van der Waals surface area contributed by atoms with E-state index in [2.05, 4.69) is 25.1 Å². The summed E-state index contributed by atoms with van der Waals surface area (Å²) in [6, 6.07) is 22.4. The third kappa shape index (κ3) is 8.43. The molecule has 1 saturated heterocycles. The van der Waals surface area contributed by atoms with Gasteiger partial charge in [-0.1, -0.05) is 53.7 Å². The maximum absolute atomic E-state index is 15.1. The van der Waals surface area contributed by atoms with Gasteiger partial charge < -0.3 is 14.8 Å². The summed E-state index contributed by atoms with van der Waals surface area (Å²) in [5, 5.41) is 7.18. The average Bonchev–Trinajstić information content (AvgIpc) is 3.69. The monoisotopic (exact) mass is 710 g/mol. The van der Waals surface area contributed by atoms with E-state index in [9.17, 15) is 22.8 Å². The van der Waals surface area contributed by atoms with Crippen LogP contribution in [0.4, 0.5) is 33.7 Å². The average molecular weight is 711 g/mol. The van der Waals surface area contributed by atoms with Crippen LogP contribution in [0.3, 0.4) is 0 Å². The van der Waals surface area contributed by atoms with Crippen LogP contribution in [0, 0.1) is 5.82 Å². The van der Waals surface area contributed by atoms with Gasteiger partial charge in [0.1, 0.15) is 17.9 Å². The second-order valence-electron chi connectivity index (χ2n) is 10.3. The summed E-state index contributed by atoms with van der Waals surface area (Å²) in [5.74, 6) is -1.36. The van der Waals surface area contributed by atoms with Crippen molar-refractivity contribution in [2.75, 3.05) is 16.0 Å². The Morgan fingerprint density at radius 2 is 1.78 bits per heavy atom. The van der Waals surface area contributed by atoms with Crippen molar-refractivity contribution < 1.29 is 36.6 Å². The number of nitrogens with zero attached hydrogens (tertiary/aromatic N) is 5. The fourth-order valence-electron chi connectivity index (χ4n) is 4.73. The summed E-state index contributed by atoms with van der Waals surface area (Å²) in [7, 11) is 0. The van der Waals surface area contributed by atoms with Crippen molar-refractivity contribution in [3.8, 4) is 22.8 Å². The maximum Gasteiger partial charge on any atom is 0.573 e. The van der Waals surface area contributed by atoms with Gasteiger partial charge in [0, 0.05) is 16.1 Å². The Bertz CT molecular complexity index is 2030. The Hall–Kier alpha value is -5.25. The molecule has 1 aliphatic heterocycles. The Kier molecular flexibility index (Phi) is 9.94. The van der Waals surface area contributed by atoms with Crippen LogP contribution in [-0.2, 0) is 22.7 Å². The van der Waals surface area contributed by atoms with Crippen molar-refractivity contribution in [2.45, 2.75) is 19.6 Å². The smallest absolute Gasteiger partial charge is 0.406 e. The molecule has 0 unspecified atom stereocenters.